The number of ether oxygens (including phenoxy) is 2. The maximum Gasteiger partial charge on any atom is 0.200 e. The van der Waals surface area contributed by atoms with Crippen LogP contribution in [-0.4, -0.2) is 18.7 Å². The first kappa shape index (κ1) is 12.2. The van der Waals surface area contributed by atoms with Crippen LogP contribution in [0.1, 0.15) is 12.5 Å². The van der Waals surface area contributed by atoms with Gasteiger partial charge in [-0.1, -0.05) is 6.58 Å². The van der Waals surface area contributed by atoms with Crippen molar-refractivity contribution in [1.29, 1.82) is 0 Å². The molecule has 0 fully saturated rings. The van der Waals surface area contributed by atoms with Gasteiger partial charge in [0.25, 0.3) is 0 Å². The zero-order valence-electron chi connectivity index (χ0n) is 10.4. The fraction of sp³-hybridized carbons (Fsp3) is 0.214. The zero-order chi connectivity index (χ0) is 13.1. The highest BCUT2D eigenvalue weighted by atomic mass is 16.5. The molecule has 2 rings (SSSR count). The first-order valence-electron chi connectivity index (χ1n) is 5.69. The first-order valence-corrected chi connectivity index (χ1v) is 5.69. The Hall–Kier alpha value is -2.23. The minimum absolute atomic E-state index is 0.110. The van der Waals surface area contributed by atoms with E-state index >= 15 is 0 Å². The number of nitrogens with one attached hydrogen (secondary N) is 1. The van der Waals surface area contributed by atoms with Crippen molar-refractivity contribution in [3.05, 3.63) is 46.8 Å². The predicted octanol–water partition coefficient (Wildman–Crippen LogP) is 2.54. The van der Waals surface area contributed by atoms with E-state index in [1.54, 1.807) is 25.4 Å². The van der Waals surface area contributed by atoms with Crippen LogP contribution in [-0.2, 0) is 4.74 Å². The normalized spacial score (nSPS) is 10.3. The molecule has 0 spiro atoms. The molecule has 1 heterocycles. The molecule has 2 aromatic rings. The van der Waals surface area contributed by atoms with Crippen molar-refractivity contribution in [2.75, 3.05) is 13.7 Å². The Kier molecular flexibility index (Phi) is 3.37. The second kappa shape index (κ2) is 4.96. The van der Waals surface area contributed by atoms with E-state index in [0.29, 0.717) is 29.1 Å². The number of fused-ring (bicyclic) bond motifs is 1. The molecule has 0 saturated carbocycles. The predicted molar refractivity (Wildman–Crippen MR) is 71.8 cm³/mol. The van der Waals surface area contributed by atoms with E-state index in [0.717, 1.165) is 5.52 Å². The Labute approximate surface area is 105 Å². The summed E-state index contributed by atoms with van der Waals surface area (Å²) in [5, 5.41) is 0.563. The first-order chi connectivity index (χ1) is 8.67. The standard InChI is InChI=1S/C14H15NO3/c1-4-18-9(2)12-8-15-13-6-5-10(17-3)7-11(13)14(12)16/h5-8H,2,4H2,1,3H3,(H,15,16). The number of H-pyrrole nitrogens is 1. The van der Waals surface area contributed by atoms with Crippen LogP contribution in [0.25, 0.3) is 16.7 Å². The van der Waals surface area contributed by atoms with Gasteiger partial charge in [0.1, 0.15) is 11.5 Å². The topological polar surface area (TPSA) is 51.3 Å². The molecule has 0 atom stereocenters. The van der Waals surface area contributed by atoms with Gasteiger partial charge in [-0.3, -0.25) is 4.79 Å². The third-order valence-electron chi connectivity index (χ3n) is 2.71. The van der Waals surface area contributed by atoms with E-state index in [2.05, 4.69) is 11.6 Å². The SMILES string of the molecule is C=C(OCC)c1c[nH]c2ccc(OC)cc2c1=O. The van der Waals surface area contributed by atoms with E-state index in [4.69, 9.17) is 9.47 Å². The third-order valence-corrected chi connectivity index (χ3v) is 2.71. The summed E-state index contributed by atoms with van der Waals surface area (Å²) < 4.78 is 10.4. The number of rotatable bonds is 4. The molecule has 1 N–H and O–H groups in total. The van der Waals surface area contributed by atoms with E-state index < -0.39 is 0 Å². The van der Waals surface area contributed by atoms with E-state index in [-0.39, 0.29) is 5.43 Å². The number of hydrogen-bond acceptors (Lipinski definition) is 3. The lowest BCUT2D eigenvalue weighted by Gasteiger charge is -2.08. The zero-order valence-corrected chi connectivity index (χ0v) is 10.4. The van der Waals surface area contributed by atoms with Gasteiger partial charge in [-0.2, -0.15) is 0 Å². The van der Waals surface area contributed by atoms with Crippen LogP contribution in [0, 0.1) is 0 Å². The lowest BCUT2D eigenvalue weighted by atomic mass is 10.1. The fourth-order valence-electron chi connectivity index (χ4n) is 1.78. The average molecular weight is 245 g/mol. The van der Waals surface area contributed by atoms with Gasteiger partial charge < -0.3 is 14.5 Å². The molecule has 0 aliphatic carbocycles. The van der Waals surface area contributed by atoms with Crippen molar-refractivity contribution in [1.82, 2.24) is 4.98 Å². The number of benzene rings is 1. The van der Waals surface area contributed by atoms with Gasteiger partial charge >= 0.3 is 0 Å². The third kappa shape index (κ3) is 2.09. The molecule has 0 amide bonds. The molecule has 0 unspecified atom stereocenters. The van der Waals surface area contributed by atoms with Crippen molar-refractivity contribution in [3.63, 3.8) is 0 Å². The molecule has 0 aliphatic heterocycles. The van der Waals surface area contributed by atoms with Crippen LogP contribution < -0.4 is 10.2 Å². The summed E-state index contributed by atoms with van der Waals surface area (Å²) in [6.45, 7) is 6.08. The van der Waals surface area contributed by atoms with Crippen LogP contribution in [0.2, 0.25) is 0 Å². The van der Waals surface area contributed by atoms with E-state index in [9.17, 15) is 4.79 Å². The highest BCUT2D eigenvalue weighted by Crippen LogP contribution is 2.18. The molecule has 1 aromatic carbocycles. The number of hydrogen-bond donors (Lipinski definition) is 1. The van der Waals surface area contributed by atoms with E-state index in [1.165, 1.54) is 0 Å². The summed E-state index contributed by atoms with van der Waals surface area (Å²) in [7, 11) is 1.57. The highest BCUT2D eigenvalue weighted by molar-refractivity contribution is 5.82. The maximum atomic E-state index is 12.3. The molecular formula is C14H15NO3. The molecular weight excluding hydrogens is 230 g/mol. The van der Waals surface area contributed by atoms with Gasteiger partial charge in [0.15, 0.2) is 5.43 Å². The van der Waals surface area contributed by atoms with Crippen LogP contribution in [0.3, 0.4) is 0 Å². The Morgan fingerprint density at radius 3 is 2.89 bits per heavy atom. The molecule has 4 nitrogen and oxygen atoms in total. The summed E-state index contributed by atoms with van der Waals surface area (Å²) in [5.74, 6) is 1.02. The second-order valence-corrected chi connectivity index (χ2v) is 3.80. The molecule has 18 heavy (non-hydrogen) atoms. The van der Waals surface area contributed by atoms with Crippen LogP contribution in [0.15, 0.2) is 35.8 Å². The van der Waals surface area contributed by atoms with Crippen LogP contribution in [0.4, 0.5) is 0 Å². The van der Waals surface area contributed by atoms with Gasteiger partial charge in [0.2, 0.25) is 0 Å². The molecule has 0 radical (unpaired) electrons. The summed E-state index contributed by atoms with van der Waals surface area (Å²) >= 11 is 0. The molecule has 0 bridgehead atoms. The summed E-state index contributed by atoms with van der Waals surface area (Å²) in [6, 6.07) is 5.31. The van der Waals surface area contributed by atoms with Crippen molar-refractivity contribution in [2.24, 2.45) is 0 Å². The second-order valence-electron chi connectivity index (χ2n) is 3.80. The Balaban J connectivity index is 2.62. The molecule has 0 saturated heterocycles. The van der Waals surface area contributed by atoms with Crippen molar-refractivity contribution in [3.8, 4) is 5.75 Å². The number of aromatic nitrogens is 1. The van der Waals surface area contributed by atoms with Gasteiger partial charge in [-0.15, -0.1) is 0 Å². The quantitative estimate of drug-likeness (QED) is 0.842. The van der Waals surface area contributed by atoms with Crippen LogP contribution >= 0.6 is 0 Å². The Morgan fingerprint density at radius 1 is 1.44 bits per heavy atom. The monoisotopic (exact) mass is 245 g/mol. The highest BCUT2D eigenvalue weighted by Gasteiger charge is 2.09. The van der Waals surface area contributed by atoms with Crippen molar-refractivity contribution in [2.45, 2.75) is 6.92 Å². The summed E-state index contributed by atoms with van der Waals surface area (Å²) in [5.41, 5.74) is 1.09. The Morgan fingerprint density at radius 2 is 2.22 bits per heavy atom. The molecule has 4 heteroatoms. The van der Waals surface area contributed by atoms with Gasteiger partial charge in [-0.25, -0.2) is 0 Å². The molecule has 1 aromatic heterocycles. The fourth-order valence-corrected chi connectivity index (χ4v) is 1.78. The van der Waals surface area contributed by atoms with Crippen molar-refractivity contribution < 1.29 is 9.47 Å². The maximum absolute atomic E-state index is 12.3. The molecule has 0 aliphatic rings. The largest absolute Gasteiger partial charge is 0.497 e. The van der Waals surface area contributed by atoms with Gasteiger partial charge in [0, 0.05) is 17.1 Å². The number of methoxy groups -OCH3 is 1. The minimum Gasteiger partial charge on any atom is -0.497 e. The Bertz CT molecular complexity index is 643. The number of aromatic amines is 1. The van der Waals surface area contributed by atoms with Crippen LogP contribution in [0.5, 0.6) is 5.75 Å². The molecule has 94 valence electrons. The van der Waals surface area contributed by atoms with Gasteiger partial charge in [0.05, 0.1) is 19.3 Å². The number of pyridine rings is 1. The lowest BCUT2D eigenvalue weighted by Crippen LogP contribution is -2.10. The average Bonchev–Trinajstić information content (AvgIpc) is 2.39. The summed E-state index contributed by atoms with van der Waals surface area (Å²) in [4.78, 5) is 15.4. The van der Waals surface area contributed by atoms with Gasteiger partial charge in [-0.05, 0) is 25.1 Å². The smallest absolute Gasteiger partial charge is 0.200 e. The van der Waals surface area contributed by atoms with Crippen molar-refractivity contribution >= 4 is 16.7 Å². The minimum atomic E-state index is -0.110. The summed E-state index contributed by atoms with van der Waals surface area (Å²) in [6.07, 6.45) is 1.62. The van der Waals surface area contributed by atoms with E-state index in [1.807, 2.05) is 13.0 Å². The lowest BCUT2D eigenvalue weighted by molar-refractivity contribution is 0.299.